The van der Waals surface area contributed by atoms with Crippen molar-refractivity contribution in [1.82, 2.24) is 9.80 Å². The highest BCUT2D eigenvalue weighted by molar-refractivity contribution is 5.95. The molecule has 0 radical (unpaired) electrons. The first-order valence-corrected chi connectivity index (χ1v) is 8.49. The van der Waals surface area contributed by atoms with Crippen LogP contribution in [0.5, 0.6) is 0 Å². The third-order valence-corrected chi connectivity index (χ3v) is 3.85. The average Bonchev–Trinajstić information content (AvgIpc) is 2.55. The number of quaternary nitrogens is 1. The van der Waals surface area contributed by atoms with Gasteiger partial charge in [-0.15, -0.1) is 0 Å². The summed E-state index contributed by atoms with van der Waals surface area (Å²) < 4.78 is 0. The molecule has 138 valence electrons. The van der Waals surface area contributed by atoms with Crippen LogP contribution in [-0.2, 0) is 9.59 Å². The first-order valence-electron chi connectivity index (χ1n) is 8.49. The Hall–Kier alpha value is -2.41. The topological polar surface area (TPSA) is 74.2 Å². The molecule has 0 aromatic heterocycles. The van der Waals surface area contributed by atoms with E-state index in [1.54, 1.807) is 43.3 Å². The van der Waals surface area contributed by atoms with Gasteiger partial charge in [0, 0.05) is 38.4 Å². The number of benzene rings is 1. The predicted molar refractivity (Wildman–Crippen MR) is 97.6 cm³/mol. The second kappa shape index (κ2) is 9.78. The molecule has 0 spiro atoms. The van der Waals surface area contributed by atoms with Crippen molar-refractivity contribution in [3.8, 4) is 0 Å². The van der Waals surface area contributed by atoms with E-state index < -0.39 is 0 Å². The summed E-state index contributed by atoms with van der Waals surface area (Å²) in [6, 6.07) is 6.76. The van der Waals surface area contributed by atoms with Gasteiger partial charge in [0.25, 0.3) is 17.7 Å². The largest absolute Gasteiger partial charge is 0.345 e. The van der Waals surface area contributed by atoms with Crippen LogP contribution in [0.1, 0.15) is 24.2 Å². The third-order valence-electron chi connectivity index (χ3n) is 3.85. The molecule has 0 saturated carbocycles. The molecule has 1 atom stereocenters. The molecule has 0 saturated heterocycles. The van der Waals surface area contributed by atoms with Gasteiger partial charge in [-0.05, 0) is 38.1 Å². The van der Waals surface area contributed by atoms with Crippen LogP contribution in [0.3, 0.4) is 0 Å². The molecule has 2 N–H and O–H groups in total. The first-order chi connectivity index (χ1) is 11.8. The molecule has 3 amide bonds. The Balaban J connectivity index is 2.53. The van der Waals surface area contributed by atoms with Gasteiger partial charge in [0.05, 0.1) is 7.05 Å². The molecule has 0 aliphatic carbocycles. The van der Waals surface area contributed by atoms with Crippen molar-refractivity contribution in [2.75, 3.05) is 52.6 Å². The summed E-state index contributed by atoms with van der Waals surface area (Å²) in [5, 5.41) is 2.79. The Morgan fingerprint density at radius 1 is 1.00 bits per heavy atom. The number of rotatable bonds is 8. The summed E-state index contributed by atoms with van der Waals surface area (Å²) in [7, 11) is 5.20. The van der Waals surface area contributed by atoms with Crippen LogP contribution in [0.25, 0.3) is 0 Å². The number of nitrogens with zero attached hydrogens (tertiary/aromatic N) is 2. The number of likely N-dealkylation sites (N-methyl/N-ethyl adjacent to an activating group) is 2. The Kier molecular flexibility index (Phi) is 8.07. The molecule has 0 fully saturated rings. The Bertz CT molecular complexity index is 595. The minimum atomic E-state index is -0.170. The number of carbonyl (C=O) groups is 3. The van der Waals surface area contributed by atoms with Crippen molar-refractivity contribution in [3.63, 3.8) is 0 Å². The summed E-state index contributed by atoms with van der Waals surface area (Å²) in [6.07, 6.45) is 0. The molecule has 25 heavy (non-hydrogen) atoms. The van der Waals surface area contributed by atoms with Crippen LogP contribution in [0.4, 0.5) is 5.69 Å². The predicted octanol–water partition coefficient (Wildman–Crippen LogP) is -0.290. The lowest BCUT2D eigenvalue weighted by molar-refractivity contribution is -0.862. The molecule has 0 bridgehead atoms. The summed E-state index contributed by atoms with van der Waals surface area (Å²) in [6.45, 7) is 5.71. The van der Waals surface area contributed by atoms with E-state index >= 15 is 0 Å². The fourth-order valence-corrected chi connectivity index (χ4v) is 2.44. The molecular weight excluding hydrogens is 320 g/mol. The molecule has 7 heteroatoms. The zero-order chi connectivity index (χ0) is 19.0. The SMILES string of the molecule is CCN(CC)C(=O)C[NH+](C)CC(=O)Nc1ccc(C(=O)N(C)C)cc1. The van der Waals surface area contributed by atoms with Crippen molar-refractivity contribution in [2.24, 2.45) is 0 Å². The second-order valence-electron chi connectivity index (χ2n) is 6.20. The Morgan fingerprint density at radius 2 is 1.56 bits per heavy atom. The number of anilines is 1. The molecular formula is C18H29N4O3+. The van der Waals surface area contributed by atoms with Gasteiger partial charge >= 0.3 is 0 Å². The van der Waals surface area contributed by atoms with Crippen LogP contribution in [0, 0.1) is 0 Å². The lowest BCUT2D eigenvalue weighted by atomic mass is 10.2. The number of hydrogen-bond donors (Lipinski definition) is 2. The van der Waals surface area contributed by atoms with Gasteiger partial charge in [0.15, 0.2) is 13.1 Å². The maximum Gasteiger partial charge on any atom is 0.279 e. The lowest BCUT2D eigenvalue weighted by Gasteiger charge is -2.20. The van der Waals surface area contributed by atoms with E-state index in [9.17, 15) is 14.4 Å². The zero-order valence-electron chi connectivity index (χ0n) is 15.8. The molecule has 1 aromatic rings. The number of amides is 3. The standard InChI is InChI=1S/C18H28N4O3/c1-6-22(7-2)17(24)13-21(5)12-16(23)19-15-10-8-14(9-11-15)18(25)20(3)4/h8-11H,6-7,12-13H2,1-5H3,(H,19,23)/p+1. The highest BCUT2D eigenvalue weighted by Gasteiger charge is 2.18. The normalized spacial score (nSPS) is 11.6. The molecule has 0 heterocycles. The van der Waals surface area contributed by atoms with Gasteiger partial charge in [-0.25, -0.2) is 0 Å². The molecule has 0 aliphatic heterocycles. The van der Waals surface area contributed by atoms with E-state index in [0.29, 0.717) is 24.3 Å². The maximum absolute atomic E-state index is 12.1. The number of carbonyl (C=O) groups excluding carboxylic acids is 3. The van der Waals surface area contributed by atoms with Gasteiger partial charge in [-0.1, -0.05) is 0 Å². The fraction of sp³-hybridized carbons (Fsp3) is 0.500. The minimum Gasteiger partial charge on any atom is -0.345 e. The van der Waals surface area contributed by atoms with Gasteiger partial charge in [-0.2, -0.15) is 0 Å². The first kappa shape index (κ1) is 20.6. The molecule has 1 aromatic carbocycles. The van der Waals surface area contributed by atoms with Crippen LogP contribution >= 0.6 is 0 Å². The smallest absolute Gasteiger partial charge is 0.279 e. The molecule has 0 aliphatic rings. The van der Waals surface area contributed by atoms with Crippen molar-refractivity contribution < 1.29 is 19.3 Å². The van der Waals surface area contributed by atoms with Crippen LogP contribution in [-0.4, -0.2) is 74.8 Å². The summed E-state index contributed by atoms with van der Waals surface area (Å²) >= 11 is 0. The number of nitrogens with one attached hydrogen (secondary N) is 2. The fourth-order valence-electron chi connectivity index (χ4n) is 2.44. The highest BCUT2D eigenvalue weighted by Crippen LogP contribution is 2.10. The summed E-state index contributed by atoms with van der Waals surface area (Å²) in [5.41, 5.74) is 1.19. The van der Waals surface area contributed by atoms with Crippen LogP contribution in [0.2, 0.25) is 0 Å². The summed E-state index contributed by atoms with van der Waals surface area (Å²) in [4.78, 5) is 40.1. The maximum atomic E-state index is 12.1. The molecule has 7 nitrogen and oxygen atoms in total. The van der Waals surface area contributed by atoms with Gasteiger partial charge in [0.2, 0.25) is 0 Å². The molecule has 1 rings (SSSR count). The van der Waals surface area contributed by atoms with Gasteiger partial charge in [0.1, 0.15) is 0 Å². The van der Waals surface area contributed by atoms with Crippen molar-refractivity contribution >= 4 is 23.4 Å². The van der Waals surface area contributed by atoms with Crippen molar-refractivity contribution in [1.29, 1.82) is 0 Å². The van der Waals surface area contributed by atoms with Crippen LogP contribution in [0.15, 0.2) is 24.3 Å². The van der Waals surface area contributed by atoms with Gasteiger partial charge < -0.3 is 20.0 Å². The van der Waals surface area contributed by atoms with E-state index in [0.717, 1.165) is 4.90 Å². The van der Waals surface area contributed by atoms with Gasteiger partial charge in [-0.3, -0.25) is 14.4 Å². The van der Waals surface area contributed by atoms with Crippen LogP contribution < -0.4 is 10.2 Å². The van der Waals surface area contributed by atoms with E-state index in [4.69, 9.17) is 0 Å². The zero-order valence-corrected chi connectivity index (χ0v) is 15.8. The third kappa shape index (κ3) is 6.54. The second-order valence-corrected chi connectivity index (χ2v) is 6.20. The quantitative estimate of drug-likeness (QED) is 0.677. The summed E-state index contributed by atoms with van der Waals surface area (Å²) in [5.74, 6) is -0.213. The highest BCUT2D eigenvalue weighted by atomic mass is 16.2. The van der Waals surface area contributed by atoms with E-state index in [1.165, 1.54) is 4.90 Å². The number of hydrogen-bond acceptors (Lipinski definition) is 3. The Morgan fingerprint density at radius 3 is 2.04 bits per heavy atom. The average molecular weight is 349 g/mol. The van der Waals surface area contributed by atoms with E-state index in [-0.39, 0.29) is 30.8 Å². The lowest BCUT2D eigenvalue weighted by Crippen LogP contribution is -3.11. The molecule has 1 unspecified atom stereocenters. The minimum absolute atomic E-state index is 0.0434. The van der Waals surface area contributed by atoms with E-state index in [1.807, 2.05) is 20.9 Å². The van der Waals surface area contributed by atoms with Crippen molar-refractivity contribution in [2.45, 2.75) is 13.8 Å². The monoisotopic (exact) mass is 349 g/mol. The van der Waals surface area contributed by atoms with E-state index in [2.05, 4.69) is 5.32 Å². The Labute approximate surface area is 149 Å². The van der Waals surface area contributed by atoms with Crippen molar-refractivity contribution in [3.05, 3.63) is 29.8 Å².